The zero-order valence-electron chi connectivity index (χ0n) is 26.8. The molecule has 9 heteroatoms. The van der Waals surface area contributed by atoms with Gasteiger partial charge in [-0.2, -0.15) is 25.8 Å². The van der Waals surface area contributed by atoms with Crippen LogP contribution in [0.25, 0.3) is 0 Å². The molecule has 240 valence electrons. The minimum atomic E-state index is -4.50. The number of rotatable bonds is 2. The summed E-state index contributed by atoms with van der Waals surface area (Å²) >= 11 is 3.53. The molecule has 2 fully saturated rings. The van der Waals surface area contributed by atoms with Gasteiger partial charge in [0.1, 0.15) is 11.8 Å². The van der Waals surface area contributed by atoms with E-state index >= 15 is 0 Å². The normalized spacial score (nSPS) is 23.5. The number of aromatic nitrogens is 2. The molecule has 2 aromatic rings. The third kappa shape index (κ3) is 6.95. The first-order valence-electron chi connectivity index (χ1n) is 15.7. The van der Waals surface area contributed by atoms with Crippen molar-refractivity contribution in [2.45, 2.75) is 123 Å². The van der Waals surface area contributed by atoms with Crippen LogP contribution in [-0.4, -0.2) is 34.5 Å². The molecule has 2 aliphatic carbocycles. The van der Waals surface area contributed by atoms with E-state index < -0.39 is 29.7 Å². The molecule has 6 rings (SSSR count). The molecule has 0 amide bonds. The molecular formula is C34H49F3N2O3S. The van der Waals surface area contributed by atoms with Gasteiger partial charge in [0.2, 0.25) is 0 Å². The lowest BCUT2D eigenvalue weighted by molar-refractivity contribution is -0.141. The average molecular weight is 623 g/mol. The van der Waals surface area contributed by atoms with Gasteiger partial charge < -0.3 is 14.6 Å². The van der Waals surface area contributed by atoms with Crippen molar-refractivity contribution in [3.05, 3.63) is 57.7 Å². The molecule has 1 saturated heterocycles. The van der Waals surface area contributed by atoms with Crippen LogP contribution in [0, 0.1) is 10.8 Å². The Morgan fingerprint density at radius 3 is 2.14 bits per heavy atom. The fourth-order valence-corrected chi connectivity index (χ4v) is 6.75. The lowest BCUT2D eigenvalue weighted by Crippen LogP contribution is -2.40. The fourth-order valence-electron chi connectivity index (χ4n) is 6.75. The van der Waals surface area contributed by atoms with Crippen LogP contribution >= 0.6 is 12.6 Å². The molecule has 2 spiro atoms. The third-order valence-electron chi connectivity index (χ3n) is 9.65. The molecule has 2 unspecified atom stereocenters. The minimum Gasteiger partial charge on any atom is -0.388 e. The van der Waals surface area contributed by atoms with Gasteiger partial charge in [0.15, 0.2) is 0 Å². The molecule has 2 aliphatic heterocycles. The summed E-state index contributed by atoms with van der Waals surface area (Å²) in [6.07, 6.45) is 4.84. The van der Waals surface area contributed by atoms with E-state index in [4.69, 9.17) is 14.5 Å². The van der Waals surface area contributed by atoms with E-state index in [9.17, 15) is 18.3 Å². The van der Waals surface area contributed by atoms with E-state index in [1.807, 2.05) is 0 Å². The van der Waals surface area contributed by atoms with Crippen molar-refractivity contribution in [1.82, 2.24) is 9.97 Å². The first-order chi connectivity index (χ1) is 20.2. The highest BCUT2D eigenvalue weighted by molar-refractivity contribution is 7.79. The molecule has 2 atom stereocenters. The number of halogens is 3. The van der Waals surface area contributed by atoms with Crippen LogP contribution in [0.15, 0.2) is 18.3 Å². The molecule has 0 aromatic carbocycles. The summed E-state index contributed by atoms with van der Waals surface area (Å²) in [5.41, 5.74) is 4.39. The second-order valence-corrected chi connectivity index (χ2v) is 14.0. The Bertz CT molecular complexity index is 1250. The quantitative estimate of drug-likeness (QED) is 0.328. The maximum Gasteiger partial charge on any atom is 0.433 e. The predicted molar refractivity (Wildman–Crippen MR) is 166 cm³/mol. The van der Waals surface area contributed by atoms with Crippen LogP contribution in [0.5, 0.6) is 0 Å². The first-order valence-corrected chi connectivity index (χ1v) is 16.6. The van der Waals surface area contributed by atoms with Gasteiger partial charge in [0.05, 0.1) is 11.7 Å². The molecule has 4 aliphatic rings. The summed E-state index contributed by atoms with van der Waals surface area (Å²) in [4.78, 5) is 8.87. The van der Waals surface area contributed by atoms with Gasteiger partial charge in [-0.1, -0.05) is 60.5 Å². The van der Waals surface area contributed by atoms with Crippen molar-refractivity contribution < 1.29 is 27.8 Å². The summed E-state index contributed by atoms with van der Waals surface area (Å²) in [6, 6.07) is 2.48. The number of aliphatic hydroxyl groups excluding tert-OH is 1. The van der Waals surface area contributed by atoms with Crippen LogP contribution in [0.4, 0.5) is 13.2 Å². The predicted octanol–water partition coefficient (Wildman–Crippen LogP) is 8.88. The minimum absolute atomic E-state index is 0.0916. The molecule has 1 saturated carbocycles. The van der Waals surface area contributed by atoms with Gasteiger partial charge in [0, 0.05) is 60.3 Å². The lowest BCUT2D eigenvalue weighted by atomic mass is 9.58. The summed E-state index contributed by atoms with van der Waals surface area (Å²) in [5.74, 6) is 0.0916. The highest BCUT2D eigenvalue weighted by Crippen LogP contribution is 2.60. The van der Waals surface area contributed by atoms with E-state index in [0.29, 0.717) is 37.0 Å². The molecule has 5 nitrogen and oxygen atoms in total. The van der Waals surface area contributed by atoms with Gasteiger partial charge in [-0.3, -0.25) is 9.97 Å². The second kappa shape index (κ2) is 13.0. The van der Waals surface area contributed by atoms with Crippen LogP contribution in [0.3, 0.4) is 0 Å². The topological polar surface area (TPSA) is 64.5 Å². The van der Waals surface area contributed by atoms with E-state index in [1.165, 1.54) is 25.1 Å². The molecule has 2 aromatic heterocycles. The second-order valence-electron chi connectivity index (χ2n) is 14.0. The molecule has 0 radical (unpaired) electrons. The van der Waals surface area contributed by atoms with Crippen molar-refractivity contribution >= 4 is 12.6 Å². The van der Waals surface area contributed by atoms with E-state index in [1.54, 1.807) is 6.26 Å². The van der Waals surface area contributed by atoms with Crippen LogP contribution in [-0.2, 0) is 27.7 Å². The van der Waals surface area contributed by atoms with E-state index in [0.717, 1.165) is 59.8 Å². The van der Waals surface area contributed by atoms with Crippen molar-refractivity contribution in [3.63, 3.8) is 0 Å². The number of hydrogen-bond acceptors (Lipinski definition) is 6. The van der Waals surface area contributed by atoms with Gasteiger partial charge in [-0.15, -0.1) is 0 Å². The van der Waals surface area contributed by atoms with Crippen molar-refractivity contribution in [1.29, 1.82) is 0 Å². The van der Waals surface area contributed by atoms with Crippen LogP contribution in [0.1, 0.15) is 144 Å². The zero-order chi connectivity index (χ0) is 31.8. The summed E-state index contributed by atoms with van der Waals surface area (Å²) < 4.78 is 52.0. The number of pyridine rings is 2. The highest BCUT2D eigenvalue weighted by atomic mass is 32.1. The number of ether oxygens (including phenoxy) is 2. The number of hydrogen-bond donors (Lipinski definition) is 2. The molecule has 0 bridgehead atoms. The largest absolute Gasteiger partial charge is 0.433 e. The van der Waals surface area contributed by atoms with Gasteiger partial charge in [0.25, 0.3) is 0 Å². The Balaban J connectivity index is 0.000000475. The molecule has 43 heavy (non-hydrogen) atoms. The number of aliphatic hydroxyl groups is 1. The number of thiol groups is 1. The van der Waals surface area contributed by atoms with Crippen LogP contribution in [0.2, 0.25) is 0 Å². The Labute approximate surface area is 260 Å². The molecule has 1 N–H and O–H groups in total. The van der Waals surface area contributed by atoms with Crippen molar-refractivity contribution in [3.8, 4) is 0 Å². The number of alkyl halides is 3. The van der Waals surface area contributed by atoms with Crippen molar-refractivity contribution in [2.24, 2.45) is 10.8 Å². The Hall–Kier alpha value is -1.68. The van der Waals surface area contributed by atoms with E-state index in [-0.39, 0.29) is 11.3 Å². The first kappa shape index (κ1) is 34.2. The van der Waals surface area contributed by atoms with Gasteiger partial charge >= 0.3 is 6.18 Å². The van der Waals surface area contributed by atoms with Gasteiger partial charge in [-0.05, 0) is 60.3 Å². The summed E-state index contributed by atoms with van der Waals surface area (Å²) in [5, 5.41) is 11.5. The summed E-state index contributed by atoms with van der Waals surface area (Å²) in [7, 11) is 0. The molecule has 4 heterocycles. The Morgan fingerprint density at radius 1 is 1.05 bits per heavy atom. The van der Waals surface area contributed by atoms with E-state index in [2.05, 4.69) is 59.2 Å². The van der Waals surface area contributed by atoms with Gasteiger partial charge in [-0.25, -0.2) is 0 Å². The SMILES string of the molecule is CC(C)c1nc2c(c3c1C(c1ccc(C(F)(F)F)nc1)OC31CCOCC1)C(O)CC1(CCC1)C2.CCC(C)(C)C.CS. The standard InChI is InChI=1S/C27H31F3N2O3.C6H14.CH4S/c1-15(2)23-21-22(20-17(32-23)12-25(6-3-7-25)13-18(20)33)26(8-10-34-11-9-26)35-24(21)16-4-5-19(31-14-16)27(28,29)30;1-5-6(2,3)4;1-2/h4-5,14-15,18,24,33H,3,6-13H2,1-2H3;5H2,1-4H3;2H,1H3. The fraction of sp³-hybridized carbons (Fsp3) is 0.706. The maximum atomic E-state index is 13.2. The third-order valence-corrected chi connectivity index (χ3v) is 9.65. The molecular weight excluding hydrogens is 573 g/mol. The lowest BCUT2D eigenvalue weighted by Gasteiger charge is -2.48. The van der Waals surface area contributed by atoms with Crippen LogP contribution < -0.4 is 0 Å². The maximum absolute atomic E-state index is 13.2. The Morgan fingerprint density at radius 2 is 1.67 bits per heavy atom. The Kier molecular flexibility index (Phi) is 10.3. The van der Waals surface area contributed by atoms with Crippen molar-refractivity contribution in [2.75, 3.05) is 19.5 Å². The highest BCUT2D eigenvalue weighted by Gasteiger charge is 2.54. The average Bonchev–Trinajstić information content (AvgIpc) is 3.26. The number of nitrogens with zero attached hydrogens (tertiary/aromatic N) is 2. The summed E-state index contributed by atoms with van der Waals surface area (Å²) in [6.45, 7) is 14.2. The smallest absolute Gasteiger partial charge is 0.388 e. The zero-order valence-corrected chi connectivity index (χ0v) is 27.7. The number of fused-ring (bicyclic) bond motifs is 4. The monoisotopic (exact) mass is 622 g/mol.